The fourth-order valence-electron chi connectivity index (χ4n) is 5.39. The van der Waals surface area contributed by atoms with E-state index in [1.165, 1.54) is 12.1 Å². The molecule has 0 fully saturated rings. The molecule has 0 spiro atoms. The number of nitrogens with one attached hydrogen (secondary N) is 3. The fourth-order valence-corrected chi connectivity index (χ4v) is 6.23. The molecule has 0 saturated heterocycles. The van der Waals surface area contributed by atoms with Gasteiger partial charge in [0.25, 0.3) is 11.8 Å². The first-order valence-electron chi connectivity index (χ1n) is 13.7. The highest BCUT2D eigenvalue weighted by molar-refractivity contribution is 7.08. The number of carboxylic acid groups (broad SMARTS) is 1. The number of thiophene rings is 1. The van der Waals surface area contributed by atoms with Crippen LogP contribution in [0.15, 0.2) is 53.2 Å². The van der Waals surface area contributed by atoms with Crippen molar-refractivity contribution in [1.82, 2.24) is 10.3 Å². The summed E-state index contributed by atoms with van der Waals surface area (Å²) in [4.78, 5) is 43.1. The van der Waals surface area contributed by atoms with Gasteiger partial charge in [-0.1, -0.05) is 20.8 Å². The molecule has 4 aromatic rings. The summed E-state index contributed by atoms with van der Waals surface area (Å²) < 4.78 is 6.04. The highest BCUT2D eigenvalue weighted by Crippen LogP contribution is 2.44. The number of amides is 2. The molecule has 42 heavy (non-hydrogen) atoms. The minimum atomic E-state index is -1.31. The van der Waals surface area contributed by atoms with Crippen molar-refractivity contribution in [3.8, 4) is 28.0 Å². The van der Waals surface area contributed by atoms with Crippen LogP contribution in [0.2, 0.25) is 0 Å². The lowest BCUT2D eigenvalue weighted by Crippen LogP contribution is -2.25. The Bertz CT molecular complexity index is 1760. The second-order valence-electron chi connectivity index (χ2n) is 11.1. The highest BCUT2D eigenvalue weighted by Gasteiger charge is 2.31. The number of benzene rings is 2. The molecule has 0 aliphatic carbocycles. The van der Waals surface area contributed by atoms with Gasteiger partial charge in [0.15, 0.2) is 5.69 Å². The normalized spacial score (nSPS) is 14.1. The van der Waals surface area contributed by atoms with Crippen molar-refractivity contribution in [2.45, 2.75) is 39.2 Å². The van der Waals surface area contributed by atoms with E-state index < -0.39 is 17.8 Å². The number of hydrogen-bond donors (Lipinski definition) is 4. The van der Waals surface area contributed by atoms with E-state index >= 15 is 0 Å². The highest BCUT2D eigenvalue weighted by atomic mass is 32.1. The summed E-state index contributed by atoms with van der Waals surface area (Å²) in [7, 11) is 0. The molecule has 2 aromatic heterocycles. The van der Waals surface area contributed by atoms with E-state index in [1.807, 2.05) is 35.9 Å². The molecule has 0 bridgehead atoms. The third-order valence-electron chi connectivity index (χ3n) is 7.66. The summed E-state index contributed by atoms with van der Waals surface area (Å²) in [6.07, 6.45) is 0.729. The number of aromatic carboxylic acids is 1. The number of nitrogens with zero attached hydrogens (tertiary/aromatic N) is 1. The molecule has 6 rings (SSSR count). The van der Waals surface area contributed by atoms with Crippen LogP contribution in [0.4, 0.5) is 11.4 Å². The van der Waals surface area contributed by atoms with E-state index in [9.17, 15) is 19.5 Å². The zero-order valence-corrected chi connectivity index (χ0v) is 24.3. The maximum absolute atomic E-state index is 14.0. The Kier molecular flexibility index (Phi) is 6.94. The summed E-state index contributed by atoms with van der Waals surface area (Å²) in [6, 6.07) is 12.2. The van der Waals surface area contributed by atoms with E-state index in [4.69, 9.17) is 4.74 Å². The van der Waals surface area contributed by atoms with E-state index in [-0.39, 0.29) is 27.9 Å². The van der Waals surface area contributed by atoms with E-state index in [1.54, 1.807) is 23.5 Å². The number of rotatable bonds is 7. The minimum absolute atomic E-state index is 0.0120. The van der Waals surface area contributed by atoms with Crippen molar-refractivity contribution >= 4 is 40.5 Å². The molecular weight excluding hydrogens is 552 g/mol. The zero-order valence-electron chi connectivity index (χ0n) is 23.5. The quantitative estimate of drug-likeness (QED) is 0.205. The smallest absolute Gasteiger partial charge is 0.355 e. The summed E-state index contributed by atoms with van der Waals surface area (Å²) in [6.45, 7) is 7.82. The molecule has 2 aliphatic rings. The van der Waals surface area contributed by atoms with Gasteiger partial charge in [-0.3, -0.25) is 9.59 Å². The second-order valence-corrected chi connectivity index (χ2v) is 11.8. The van der Waals surface area contributed by atoms with Crippen LogP contribution < -0.4 is 20.7 Å². The molecular formula is C32H30N4O5S. The maximum Gasteiger partial charge on any atom is 0.355 e. The van der Waals surface area contributed by atoms with Gasteiger partial charge in [0.05, 0.1) is 0 Å². The van der Waals surface area contributed by atoms with E-state index in [0.717, 1.165) is 40.9 Å². The van der Waals surface area contributed by atoms with Crippen LogP contribution in [0.25, 0.3) is 22.3 Å². The van der Waals surface area contributed by atoms with E-state index in [2.05, 4.69) is 34.8 Å². The third-order valence-corrected chi connectivity index (χ3v) is 8.46. The maximum atomic E-state index is 14.0. The van der Waals surface area contributed by atoms with Crippen LogP contribution in [0.3, 0.4) is 0 Å². The van der Waals surface area contributed by atoms with Crippen molar-refractivity contribution in [3.05, 3.63) is 81.3 Å². The topological polar surface area (TPSA) is 130 Å². The Morgan fingerprint density at radius 2 is 1.86 bits per heavy atom. The van der Waals surface area contributed by atoms with Crippen molar-refractivity contribution in [1.29, 1.82) is 0 Å². The first kappa shape index (κ1) is 27.5. The predicted octanol–water partition coefficient (Wildman–Crippen LogP) is 6.16. The first-order chi connectivity index (χ1) is 20.2. The fraction of sp³-hybridized carbons (Fsp3) is 0.250. The molecule has 2 amide bonds. The minimum Gasteiger partial charge on any atom is -0.488 e. The van der Waals surface area contributed by atoms with Crippen molar-refractivity contribution in [2.75, 3.05) is 23.7 Å². The SMILES string of the molecule is CCCNC(=O)c1ccc(-c2cc3c(cc2C(=O)Nc2ccc4c(c2)C(C)(C)CN4)-c2cscc2CO3)c(C(=O)O)n1. The molecule has 9 nitrogen and oxygen atoms in total. The summed E-state index contributed by atoms with van der Waals surface area (Å²) in [5, 5.41) is 23.3. The van der Waals surface area contributed by atoms with Gasteiger partial charge in [-0.15, -0.1) is 0 Å². The Balaban J connectivity index is 1.46. The summed E-state index contributed by atoms with van der Waals surface area (Å²) in [5.41, 5.74) is 5.92. The average Bonchev–Trinajstić information content (AvgIpc) is 3.59. The van der Waals surface area contributed by atoms with Crippen LogP contribution in [0.5, 0.6) is 5.75 Å². The van der Waals surface area contributed by atoms with Crippen LogP contribution in [-0.2, 0) is 12.0 Å². The molecule has 2 aromatic carbocycles. The number of hydrogen-bond acceptors (Lipinski definition) is 7. The van der Waals surface area contributed by atoms with Gasteiger partial charge in [-0.05, 0) is 65.2 Å². The third kappa shape index (κ3) is 4.87. The number of aromatic nitrogens is 1. The van der Waals surface area contributed by atoms with Crippen molar-refractivity contribution in [2.24, 2.45) is 0 Å². The van der Waals surface area contributed by atoms with Crippen molar-refractivity contribution < 1.29 is 24.2 Å². The largest absolute Gasteiger partial charge is 0.488 e. The zero-order chi connectivity index (χ0) is 29.6. The molecule has 0 atom stereocenters. The molecule has 4 heterocycles. The Morgan fingerprint density at radius 3 is 2.64 bits per heavy atom. The van der Waals surface area contributed by atoms with Crippen molar-refractivity contribution in [3.63, 3.8) is 0 Å². The molecule has 214 valence electrons. The monoisotopic (exact) mass is 582 g/mol. The van der Waals surface area contributed by atoms with Crippen LogP contribution in [-0.4, -0.2) is 41.0 Å². The molecule has 2 aliphatic heterocycles. The van der Waals surface area contributed by atoms with Gasteiger partial charge in [0.1, 0.15) is 18.1 Å². The molecule has 10 heteroatoms. The lowest BCUT2D eigenvalue weighted by Gasteiger charge is -2.22. The van der Waals surface area contributed by atoms with Crippen LogP contribution >= 0.6 is 11.3 Å². The van der Waals surface area contributed by atoms with Gasteiger partial charge in [-0.2, -0.15) is 11.3 Å². The number of fused-ring (bicyclic) bond motifs is 4. The van der Waals surface area contributed by atoms with E-state index in [0.29, 0.717) is 30.2 Å². The Morgan fingerprint density at radius 1 is 1.02 bits per heavy atom. The number of pyridine rings is 1. The number of carbonyl (C=O) groups is 3. The number of anilines is 2. The number of carboxylic acids is 1. The summed E-state index contributed by atoms with van der Waals surface area (Å²) in [5.74, 6) is -1.64. The van der Waals surface area contributed by atoms with Gasteiger partial charge in [-0.25, -0.2) is 9.78 Å². The molecule has 0 radical (unpaired) electrons. The first-order valence-corrected chi connectivity index (χ1v) is 14.7. The standard InChI is InChI=1S/C32H30N4O5S/c1-4-9-33-30(38)26-8-6-19(28(36-26)31(39)40)20-12-27-21(23-15-42-14-17(23)13-41-27)11-22(20)29(37)35-18-5-7-25-24(10-18)32(2,3)16-34-25/h5-8,10-12,14-15,34H,4,9,13,16H2,1-3H3,(H,33,38)(H,35,37)(H,39,40). The Labute approximate surface area is 247 Å². The summed E-state index contributed by atoms with van der Waals surface area (Å²) >= 11 is 1.55. The second kappa shape index (κ2) is 10.6. The number of ether oxygens (including phenoxy) is 1. The lowest BCUT2D eigenvalue weighted by atomic mass is 9.87. The van der Waals surface area contributed by atoms with Crippen LogP contribution in [0.1, 0.15) is 69.7 Å². The number of carbonyl (C=O) groups excluding carboxylic acids is 2. The van der Waals surface area contributed by atoms with Gasteiger partial charge in [0, 0.05) is 63.3 Å². The molecule has 0 unspecified atom stereocenters. The Hall–Kier alpha value is -4.70. The van der Waals surface area contributed by atoms with Gasteiger partial charge in [0.2, 0.25) is 0 Å². The lowest BCUT2D eigenvalue weighted by molar-refractivity contribution is 0.0691. The average molecular weight is 583 g/mol. The van der Waals surface area contributed by atoms with Gasteiger partial charge < -0.3 is 25.8 Å². The molecule has 0 saturated carbocycles. The predicted molar refractivity (Wildman–Crippen MR) is 163 cm³/mol. The molecule has 4 N–H and O–H groups in total. The van der Waals surface area contributed by atoms with Crippen LogP contribution in [0, 0.1) is 0 Å². The van der Waals surface area contributed by atoms with Gasteiger partial charge >= 0.3 is 5.97 Å².